The molecule has 0 aromatic heterocycles. The molecule has 0 spiro atoms. The molecule has 0 radical (unpaired) electrons. The van der Waals surface area contributed by atoms with Crippen LogP contribution in [0.2, 0.25) is 0 Å². The van der Waals surface area contributed by atoms with Gasteiger partial charge in [-0.2, -0.15) is 0 Å². The Kier molecular flexibility index (Phi) is 6.56. The van der Waals surface area contributed by atoms with E-state index in [0.29, 0.717) is 29.2 Å². The van der Waals surface area contributed by atoms with Crippen LogP contribution in [0.1, 0.15) is 61.0 Å². The standard InChI is InChI=1S/C17H26O3/c1-5-7-8-14(6-2)11-20-17(19)15-9-12(3)16(18)13(4)10-15/h9-10,14,18H,5-8,11H2,1-4H3. The fraction of sp³-hybridized carbons (Fsp3) is 0.588. The Morgan fingerprint density at radius 3 is 2.35 bits per heavy atom. The number of phenolic OH excluding ortho intramolecular Hbond substituents is 1. The first-order chi connectivity index (χ1) is 9.49. The van der Waals surface area contributed by atoms with Gasteiger partial charge in [0.05, 0.1) is 12.2 Å². The zero-order valence-corrected chi connectivity index (χ0v) is 13.0. The lowest BCUT2D eigenvalue weighted by Gasteiger charge is -2.15. The summed E-state index contributed by atoms with van der Waals surface area (Å²) < 4.78 is 5.41. The Balaban J connectivity index is 2.62. The van der Waals surface area contributed by atoms with Crippen LogP contribution in [0, 0.1) is 19.8 Å². The highest BCUT2D eigenvalue weighted by Gasteiger charge is 2.14. The lowest BCUT2D eigenvalue weighted by molar-refractivity contribution is 0.0428. The topological polar surface area (TPSA) is 46.5 Å². The molecule has 3 nitrogen and oxygen atoms in total. The van der Waals surface area contributed by atoms with Crippen LogP contribution in [0.5, 0.6) is 5.75 Å². The van der Waals surface area contributed by atoms with E-state index in [1.807, 2.05) is 0 Å². The zero-order valence-electron chi connectivity index (χ0n) is 13.0. The summed E-state index contributed by atoms with van der Waals surface area (Å²) in [6.07, 6.45) is 4.48. The summed E-state index contributed by atoms with van der Waals surface area (Å²) in [5, 5.41) is 9.71. The first-order valence-electron chi connectivity index (χ1n) is 7.46. The molecule has 1 N–H and O–H groups in total. The smallest absolute Gasteiger partial charge is 0.338 e. The van der Waals surface area contributed by atoms with Crippen molar-refractivity contribution in [3.05, 3.63) is 28.8 Å². The molecular formula is C17H26O3. The van der Waals surface area contributed by atoms with Crippen LogP contribution in [0.3, 0.4) is 0 Å². The summed E-state index contributed by atoms with van der Waals surface area (Å²) in [6, 6.07) is 3.36. The highest BCUT2D eigenvalue weighted by Crippen LogP contribution is 2.23. The lowest BCUT2D eigenvalue weighted by Crippen LogP contribution is -2.14. The average molecular weight is 278 g/mol. The summed E-state index contributed by atoms with van der Waals surface area (Å²) in [6.45, 7) is 8.35. The van der Waals surface area contributed by atoms with Gasteiger partial charge in [-0.15, -0.1) is 0 Å². The van der Waals surface area contributed by atoms with Crippen LogP contribution in [-0.2, 0) is 4.74 Å². The number of carbonyl (C=O) groups is 1. The van der Waals surface area contributed by atoms with Crippen molar-refractivity contribution in [1.29, 1.82) is 0 Å². The fourth-order valence-corrected chi connectivity index (χ4v) is 2.25. The number of aromatic hydroxyl groups is 1. The van der Waals surface area contributed by atoms with E-state index in [-0.39, 0.29) is 11.7 Å². The van der Waals surface area contributed by atoms with E-state index >= 15 is 0 Å². The van der Waals surface area contributed by atoms with E-state index in [0.717, 1.165) is 12.8 Å². The molecule has 0 bridgehead atoms. The average Bonchev–Trinajstić information content (AvgIpc) is 2.44. The van der Waals surface area contributed by atoms with Crippen molar-refractivity contribution < 1.29 is 14.6 Å². The molecule has 0 aliphatic heterocycles. The number of benzene rings is 1. The van der Waals surface area contributed by atoms with Crippen molar-refractivity contribution in [2.45, 2.75) is 53.4 Å². The van der Waals surface area contributed by atoms with Gasteiger partial charge in [0.25, 0.3) is 0 Å². The predicted molar refractivity (Wildman–Crippen MR) is 81.2 cm³/mol. The summed E-state index contributed by atoms with van der Waals surface area (Å²) in [4.78, 5) is 12.1. The van der Waals surface area contributed by atoms with E-state index < -0.39 is 0 Å². The molecule has 20 heavy (non-hydrogen) atoms. The third-order valence-electron chi connectivity index (χ3n) is 3.72. The van der Waals surface area contributed by atoms with Crippen molar-refractivity contribution in [2.75, 3.05) is 6.61 Å². The van der Waals surface area contributed by atoms with Crippen LogP contribution < -0.4 is 0 Å². The molecule has 1 aromatic rings. The van der Waals surface area contributed by atoms with Gasteiger partial charge < -0.3 is 9.84 Å². The second kappa shape index (κ2) is 7.93. The van der Waals surface area contributed by atoms with Crippen LogP contribution in [0.25, 0.3) is 0 Å². The second-order valence-electron chi connectivity index (χ2n) is 5.47. The maximum atomic E-state index is 12.1. The SMILES string of the molecule is CCCCC(CC)COC(=O)c1cc(C)c(O)c(C)c1. The number of rotatable bonds is 7. The van der Waals surface area contributed by atoms with Crippen molar-refractivity contribution in [3.8, 4) is 5.75 Å². The molecule has 3 heteroatoms. The third kappa shape index (κ3) is 4.55. The predicted octanol–water partition coefficient (Wildman–Crippen LogP) is 4.38. The van der Waals surface area contributed by atoms with E-state index in [9.17, 15) is 9.90 Å². The number of esters is 1. The van der Waals surface area contributed by atoms with Gasteiger partial charge >= 0.3 is 5.97 Å². The molecule has 112 valence electrons. The maximum Gasteiger partial charge on any atom is 0.338 e. The molecular weight excluding hydrogens is 252 g/mol. The Morgan fingerprint density at radius 2 is 1.85 bits per heavy atom. The monoisotopic (exact) mass is 278 g/mol. The van der Waals surface area contributed by atoms with Gasteiger partial charge in [0, 0.05) is 0 Å². The Bertz CT molecular complexity index is 429. The highest BCUT2D eigenvalue weighted by molar-refractivity contribution is 5.90. The van der Waals surface area contributed by atoms with Gasteiger partial charge in [0.2, 0.25) is 0 Å². The minimum absolute atomic E-state index is 0.246. The van der Waals surface area contributed by atoms with Crippen molar-refractivity contribution in [1.82, 2.24) is 0 Å². The molecule has 0 aliphatic rings. The first-order valence-corrected chi connectivity index (χ1v) is 7.46. The van der Waals surface area contributed by atoms with Crippen LogP contribution >= 0.6 is 0 Å². The molecule has 1 unspecified atom stereocenters. The van der Waals surface area contributed by atoms with E-state index in [2.05, 4.69) is 13.8 Å². The van der Waals surface area contributed by atoms with Gasteiger partial charge in [0.15, 0.2) is 0 Å². The largest absolute Gasteiger partial charge is 0.507 e. The number of hydrogen-bond acceptors (Lipinski definition) is 3. The molecule has 0 heterocycles. The molecule has 1 atom stereocenters. The Labute approximate surface area is 122 Å². The normalized spacial score (nSPS) is 12.2. The number of hydrogen-bond donors (Lipinski definition) is 1. The van der Waals surface area contributed by atoms with Crippen LogP contribution in [-0.4, -0.2) is 17.7 Å². The first kappa shape index (κ1) is 16.5. The zero-order chi connectivity index (χ0) is 15.1. The Morgan fingerprint density at radius 1 is 1.25 bits per heavy atom. The minimum Gasteiger partial charge on any atom is -0.507 e. The number of phenols is 1. The molecule has 0 aliphatic carbocycles. The van der Waals surface area contributed by atoms with Crippen molar-refractivity contribution in [2.24, 2.45) is 5.92 Å². The highest BCUT2D eigenvalue weighted by atomic mass is 16.5. The van der Waals surface area contributed by atoms with Crippen molar-refractivity contribution in [3.63, 3.8) is 0 Å². The third-order valence-corrected chi connectivity index (χ3v) is 3.72. The number of ether oxygens (including phenoxy) is 1. The lowest BCUT2D eigenvalue weighted by atomic mass is 10.0. The summed E-state index contributed by atoms with van der Waals surface area (Å²) in [5.74, 6) is 0.389. The van der Waals surface area contributed by atoms with Gasteiger partial charge in [-0.3, -0.25) is 0 Å². The molecule has 0 fully saturated rings. The number of aryl methyl sites for hydroxylation is 2. The second-order valence-corrected chi connectivity index (χ2v) is 5.47. The van der Waals surface area contributed by atoms with E-state index in [4.69, 9.17) is 4.74 Å². The molecule has 0 saturated carbocycles. The minimum atomic E-state index is -0.300. The summed E-state index contributed by atoms with van der Waals surface area (Å²) >= 11 is 0. The van der Waals surface area contributed by atoms with Crippen molar-refractivity contribution >= 4 is 5.97 Å². The van der Waals surface area contributed by atoms with Gasteiger partial charge in [-0.25, -0.2) is 4.79 Å². The van der Waals surface area contributed by atoms with Gasteiger partial charge in [-0.05, 0) is 49.4 Å². The summed E-state index contributed by atoms with van der Waals surface area (Å²) in [7, 11) is 0. The number of unbranched alkanes of at least 4 members (excludes halogenated alkanes) is 1. The summed E-state index contributed by atoms with van der Waals surface area (Å²) in [5.41, 5.74) is 1.92. The molecule has 1 aromatic carbocycles. The quantitative estimate of drug-likeness (QED) is 0.753. The fourth-order valence-electron chi connectivity index (χ4n) is 2.25. The van der Waals surface area contributed by atoms with E-state index in [1.54, 1.807) is 26.0 Å². The van der Waals surface area contributed by atoms with Crippen LogP contribution in [0.4, 0.5) is 0 Å². The van der Waals surface area contributed by atoms with Gasteiger partial charge in [0.1, 0.15) is 5.75 Å². The molecule has 0 amide bonds. The van der Waals surface area contributed by atoms with E-state index in [1.165, 1.54) is 12.8 Å². The van der Waals surface area contributed by atoms with Gasteiger partial charge in [-0.1, -0.05) is 33.1 Å². The van der Waals surface area contributed by atoms with Crippen LogP contribution in [0.15, 0.2) is 12.1 Å². The number of carbonyl (C=O) groups excluding carboxylic acids is 1. The molecule has 1 rings (SSSR count). The Hall–Kier alpha value is -1.51. The molecule has 0 saturated heterocycles. The maximum absolute atomic E-state index is 12.1.